The number of unbranched alkanes of at least 4 members (excludes halogenated alkanes) is 1. The Morgan fingerprint density at radius 1 is 0.723 bits per heavy atom. The highest BCUT2D eigenvalue weighted by atomic mass is 32.2. The summed E-state index contributed by atoms with van der Waals surface area (Å²) < 4.78 is 132. The maximum atomic E-state index is 14.3. The number of halogens is 5. The van der Waals surface area contributed by atoms with Gasteiger partial charge in [-0.2, -0.15) is 16.8 Å². The van der Waals surface area contributed by atoms with E-state index < -0.39 is 66.0 Å². The Kier molecular flexibility index (Phi) is 7.80. The molecule has 2 amide bonds. The van der Waals surface area contributed by atoms with Gasteiger partial charge in [0.05, 0.1) is 34.3 Å². The molecule has 1 aliphatic heterocycles. The van der Waals surface area contributed by atoms with Gasteiger partial charge in [0.2, 0.25) is 5.82 Å². The topological polar surface area (TPSA) is 129 Å². The summed E-state index contributed by atoms with van der Waals surface area (Å²) in [7, 11) is -9.95. The molecule has 10 nitrogen and oxygen atoms in total. The molecule has 17 heteroatoms. The van der Waals surface area contributed by atoms with E-state index in [1.807, 2.05) is 6.92 Å². The van der Waals surface area contributed by atoms with Gasteiger partial charge in [-0.1, -0.05) is 37.6 Å². The standard InChI is InChI=1S/C30H19F5N2O8S2/c1-2-3-13-46(40,41)44-21-14-36(19-10-5-4-7-15(19)21)20-12-11-18-22-16(20)8-6-9-17(22)29(38)37(30(18)39)45-47(42,43)28-26(34)24(32)23(31)25(33)27(28)35/h4-12,14H,2-3,13H2,1H3. The number of hydrogen-bond donors (Lipinski definition) is 0. The molecule has 244 valence electrons. The molecule has 0 bridgehead atoms. The van der Waals surface area contributed by atoms with Gasteiger partial charge in [-0.3, -0.25) is 9.59 Å². The van der Waals surface area contributed by atoms with Crippen LogP contribution in [-0.4, -0.2) is 44.0 Å². The second kappa shape index (κ2) is 11.4. The lowest BCUT2D eigenvalue weighted by molar-refractivity contribution is -0.0159. The van der Waals surface area contributed by atoms with Crippen LogP contribution in [0, 0.1) is 29.1 Å². The minimum atomic E-state index is -5.99. The lowest BCUT2D eigenvalue weighted by Gasteiger charge is -2.26. The van der Waals surface area contributed by atoms with E-state index in [9.17, 15) is 48.4 Å². The minimum absolute atomic E-state index is 0.00398. The summed E-state index contributed by atoms with van der Waals surface area (Å²) in [6.45, 7) is 1.83. The molecule has 1 aromatic heterocycles. The van der Waals surface area contributed by atoms with E-state index in [1.165, 1.54) is 36.5 Å². The largest absolute Gasteiger partial charge is 0.380 e. The number of rotatable bonds is 9. The highest BCUT2D eigenvalue weighted by molar-refractivity contribution is 7.87. The fourth-order valence-corrected chi connectivity index (χ4v) is 7.35. The number of fused-ring (bicyclic) bond motifs is 1. The smallest absolute Gasteiger partial charge is 0.324 e. The summed E-state index contributed by atoms with van der Waals surface area (Å²) in [6.07, 6.45) is 2.41. The van der Waals surface area contributed by atoms with Crippen molar-refractivity contribution >= 4 is 53.7 Å². The third-order valence-electron chi connectivity index (χ3n) is 7.34. The molecule has 0 saturated heterocycles. The van der Waals surface area contributed by atoms with Crippen molar-refractivity contribution in [3.63, 3.8) is 0 Å². The first-order valence-electron chi connectivity index (χ1n) is 13.6. The maximum absolute atomic E-state index is 14.3. The Bertz CT molecular complexity index is 2340. The van der Waals surface area contributed by atoms with E-state index in [1.54, 1.807) is 28.8 Å². The van der Waals surface area contributed by atoms with Crippen LogP contribution >= 0.6 is 0 Å². The Hall–Kier alpha value is -4.87. The van der Waals surface area contributed by atoms with Crippen LogP contribution < -0.4 is 4.18 Å². The lowest BCUT2D eigenvalue weighted by Crippen LogP contribution is -2.42. The van der Waals surface area contributed by atoms with Crippen LogP contribution in [0.3, 0.4) is 0 Å². The molecular weight excluding hydrogens is 675 g/mol. The van der Waals surface area contributed by atoms with Gasteiger partial charge in [0, 0.05) is 16.2 Å². The Morgan fingerprint density at radius 2 is 1.32 bits per heavy atom. The Balaban J connectivity index is 1.45. The predicted octanol–water partition coefficient (Wildman–Crippen LogP) is 5.90. The molecule has 0 aliphatic carbocycles. The predicted molar refractivity (Wildman–Crippen MR) is 155 cm³/mol. The van der Waals surface area contributed by atoms with Crippen LogP contribution in [0.15, 0.2) is 65.7 Å². The molecule has 4 aromatic carbocycles. The van der Waals surface area contributed by atoms with Crippen molar-refractivity contribution in [2.75, 3.05) is 5.75 Å². The van der Waals surface area contributed by atoms with E-state index in [0.717, 1.165) is 0 Å². The summed E-state index contributed by atoms with van der Waals surface area (Å²) in [5.74, 6) is -16.4. The van der Waals surface area contributed by atoms with Gasteiger partial charge >= 0.3 is 20.2 Å². The Labute approximate surface area is 262 Å². The number of benzene rings is 4. The maximum Gasteiger partial charge on any atom is 0.324 e. The first kappa shape index (κ1) is 32.1. The first-order chi connectivity index (χ1) is 22.2. The monoisotopic (exact) mass is 694 g/mol. The highest BCUT2D eigenvalue weighted by Gasteiger charge is 2.42. The van der Waals surface area contributed by atoms with Gasteiger partial charge in [-0.05, 0) is 36.8 Å². The van der Waals surface area contributed by atoms with E-state index in [0.29, 0.717) is 29.4 Å². The van der Waals surface area contributed by atoms with Crippen LogP contribution in [0.5, 0.6) is 5.75 Å². The molecule has 0 radical (unpaired) electrons. The number of aromatic nitrogens is 1. The number of amides is 2. The van der Waals surface area contributed by atoms with E-state index in [-0.39, 0.29) is 38.5 Å². The van der Waals surface area contributed by atoms with Gasteiger partial charge in [0.25, 0.3) is 11.8 Å². The van der Waals surface area contributed by atoms with Gasteiger partial charge in [-0.15, -0.1) is 9.35 Å². The SMILES string of the molecule is CCCCS(=O)(=O)Oc1cn(-c2ccc3c4c(cccc24)C(=O)N(OS(=O)(=O)c2c(F)c(F)c(F)c(F)c2F)C3=O)c2ccccc12. The van der Waals surface area contributed by atoms with Crippen molar-refractivity contribution in [2.24, 2.45) is 0 Å². The van der Waals surface area contributed by atoms with Crippen LogP contribution in [0.2, 0.25) is 0 Å². The fourth-order valence-electron chi connectivity index (χ4n) is 5.19. The van der Waals surface area contributed by atoms with Crippen LogP contribution in [0.4, 0.5) is 22.0 Å². The average Bonchev–Trinajstić information content (AvgIpc) is 3.39. The third-order valence-corrected chi connectivity index (χ3v) is 9.77. The summed E-state index contributed by atoms with van der Waals surface area (Å²) in [5, 5.41) is 0.329. The number of carbonyl (C=O) groups excluding carboxylic acids is 2. The molecule has 0 unspecified atom stereocenters. The zero-order chi connectivity index (χ0) is 34.0. The van der Waals surface area contributed by atoms with E-state index in [2.05, 4.69) is 4.28 Å². The molecule has 0 N–H and O–H groups in total. The van der Waals surface area contributed by atoms with Gasteiger partial charge < -0.3 is 8.75 Å². The summed E-state index contributed by atoms with van der Waals surface area (Å²) in [5.41, 5.74) is 0.191. The number of imide groups is 1. The molecule has 5 aromatic rings. The molecule has 0 fully saturated rings. The molecule has 2 heterocycles. The van der Waals surface area contributed by atoms with Crippen molar-refractivity contribution in [1.82, 2.24) is 9.63 Å². The lowest BCUT2D eigenvalue weighted by atomic mass is 9.94. The molecule has 0 spiro atoms. The van der Waals surface area contributed by atoms with Crippen molar-refractivity contribution in [3.8, 4) is 11.4 Å². The Morgan fingerprint density at radius 3 is 1.98 bits per heavy atom. The fraction of sp³-hybridized carbons (Fsp3) is 0.133. The van der Waals surface area contributed by atoms with Gasteiger partial charge in [-0.25, -0.2) is 22.0 Å². The molecule has 47 heavy (non-hydrogen) atoms. The van der Waals surface area contributed by atoms with Gasteiger partial charge in [0.15, 0.2) is 33.9 Å². The molecule has 0 saturated carbocycles. The van der Waals surface area contributed by atoms with E-state index >= 15 is 0 Å². The number of hydroxylamine groups is 2. The first-order valence-corrected chi connectivity index (χ1v) is 16.6. The molecule has 0 atom stereocenters. The van der Waals surface area contributed by atoms with E-state index in [4.69, 9.17) is 4.18 Å². The number of nitrogens with zero attached hydrogens (tertiary/aromatic N) is 2. The van der Waals surface area contributed by atoms with Gasteiger partial charge in [0.1, 0.15) is 0 Å². The van der Waals surface area contributed by atoms with Crippen LogP contribution in [0.1, 0.15) is 40.5 Å². The second-order valence-electron chi connectivity index (χ2n) is 10.3. The summed E-state index contributed by atoms with van der Waals surface area (Å²) in [6, 6.07) is 13.3. The quantitative estimate of drug-likeness (QED) is 0.0613. The normalized spacial score (nSPS) is 13.6. The third kappa shape index (κ3) is 5.19. The average molecular weight is 695 g/mol. The zero-order valence-corrected chi connectivity index (χ0v) is 25.4. The van der Waals surface area contributed by atoms with Crippen molar-refractivity contribution < 1.29 is 56.8 Å². The molecule has 6 rings (SSSR count). The number of para-hydroxylation sites is 1. The highest BCUT2D eigenvalue weighted by Crippen LogP contribution is 2.39. The summed E-state index contributed by atoms with van der Waals surface area (Å²) in [4.78, 5) is 24.4. The number of carbonyl (C=O) groups is 2. The summed E-state index contributed by atoms with van der Waals surface area (Å²) >= 11 is 0. The van der Waals surface area contributed by atoms with Crippen molar-refractivity contribution in [1.29, 1.82) is 0 Å². The number of hydrogen-bond acceptors (Lipinski definition) is 8. The minimum Gasteiger partial charge on any atom is -0.380 e. The zero-order valence-electron chi connectivity index (χ0n) is 23.8. The van der Waals surface area contributed by atoms with Crippen LogP contribution in [0.25, 0.3) is 27.4 Å². The molecule has 1 aliphatic rings. The van der Waals surface area contributed by atoms with Crippen molar-refractivity contribution in [3.05, 3.63) is 101 Å². The van der Waals surface area contributed by atoms with Crippen molar-refractivity contribution in [2.45, 2.75) is 24.7 Å². The second-order valence-corrected chi connectivity index (χ2v) is 13.4. The molecular formula is C30H19F5N2O8S2. The van der Waals surface area contributed by atoms with Crippen LogP contribution in [-0.2, 0) is 24.5 Å².